The number of Topliss-reactive ketones (excluding diaryl/α,β-unsaturated/α-hetero) is 1. The van der Waals surface area contributed by atoms with Gasteiger partial charge in [-0.25, -0.2) is 0 Å². The molecule has 17 heteroatoms. The van der Waals surface area contributed by atoms with Crippen molar-refractivity contribution >= 4 is 11.8 Å². The first-order valence-electron chi connectivity index (χ1n) is 18.5. The van der Waals surface area contributed by atoms with E-state index in [1.54, 1.807) is 41.5 Å². The molecular weight excluding hydrogens is 1350 g/mol. The Balaban J connectivity index is 0.00000936. The first-order chi connectivity index (χ1) is 23.4. The van der Waals surface area contributed by atoms with Crippen LogP contribution in [0.3, 0.4) is 0 Å². The number of nitrogens with zero attached hydrogens (tertiary/aromatic N) is 1. The zero-order valence-corrected chi connectivity index (χ0v) is 48.9. The molecule has 3 aliphatic rings. The molecule has 3 heterocycles. The molecule has 3 saturated heterocycles. The van der Waals surface area contributed by atoms with E-state index >= 15 is 0 Å². The van der Waals surface area contributed by atoms with Gasteiger partial charge in [0.05, 0.1) is 47.6 Å². The number of carbonyl (C=O) groups is 2. The summed E-state index contributed by atoms with van der Waals surface area (Å²) in [6.07, 6.45) is -9.71. The summed E-state index contributed by atoms with van der Waals surface area (Å²) in [5.74, 6) is -4.98. The second kappa shape index (κ2) is 23.5. The molecule has 0 aromatic rings. The van der Waals surface area contributed by atoms with Crippen LogP contribution in [0.2, 0.25) is 0 Å². The Labute approximate surface area is 430 Å². The molecule has 0 saturated carbocycles. The molecule has 0 aromatic carbocycles. The molecule has 0 aromatic heterocycles. The molecule has 3 rings (SSSR count). The van der Waals surface area contributed by atoms with Gasteiger partial charge in [-0.2, -0.15) is 0 Å². The van der Waals surface area contributed by atoms with Crippen molar-refractivity contribution in [2.24, 2.45) is 23.7 Å². The van der Waals surface area contributed by atoms with E-state index in [9.17, 15) is 35.1 Å². The average Bonchev–Trinajstić information content (AvgIpc) is 3.05. The number of rotatable bonds is 7. The summed E-state index contributed by atoms with van der Waals surface area (Å²) in [4.78, 5) is 29.8. The zero-order valence-electron chi connectivity index (χ0n) is 34.7. The van der Waals surface area contributed by atoms with Crippen molar-refractivity contribution in [2.75, 3.05) is 21.2 Å². The molecule has 307 valence electrons. The Bertz CT molecular complexity index is 1180. The van der Waals surface area contributed by atoms with Crippen molar-refractivity contribution in [3.8, 4) is 0 Å². The summed E-state index contributed by atoms with van der Waals surface area (Å²) < 4.78 is 37.1. The number of ketones is 1. The van der Waals surface area contributed by atoms with Crippen molar-refractivity contribution in [3.63, 3.8) is 0 Å². The molecule has 5 N–H and O–H groups in total. The average molecular weight is 1410 g/mol. The first-order valence-corrected chi connectivity index (χ1v) is 18.5. The topological polar surface area (TPSA) is 194 Å². The van der Waals surface area contributed by atoms with Gasteiger partial charge >= 0.3 is 5.97 Å². The summed E-state index contributed by atoms with van der Waals surface area (Å²) in [5.41, 5.74) is -4.84. The smallest absolute Gasteiger partial charge is 0.311 e. The van der Waals surface area contributed by atoms with Crippen LogP contribution in [0.1, 0.15) is 94.9 Å². The Morgan fingerprint density at radius 1 is 0.852 bits per heavy atom. The van der Waals surface area contributed by atoms with Crippen LogP contribution in [0.25, 0.3) is 0 Å². The monoisotopic (exact) mass is 1410 g/mol. The van der Waals surface area contributed by atoms with E-state index in [0.717, 1.165) is 0 Å². The van der Waals surface area contributed by atoms with Gasteiger partial charge in [0.1, 0.15) is 29.7 Å². The van der Waals surface area contributed by atoms with Crippen molar-refractivity contribution in [2.45, 2.75) is 179 Å². The number of ether oxygens (including phenoxy) is 6. The largest absolute Gasteiger partial charge is 0.459 e. The molecule has 14 nitrogen and oxygen atoms in total. The van der Waals surface area contributed by atoms with Gasteiger partial charge < -0.3 is 58.9 Å². The van der Waals surface area contributed by atoms with E-state index in [-0.39, 0.29) is 164 Å². The quantitative estimate of drug-likeness (QED) is 0.232. The standard InChI is InChI=1S/C37H67NO13.3Ac/c1-14-25-37(10,45)30(41)20(4)27(39)18(2)16-35(8,44)32(51-34-28(40)24(38(11)12)15-19(3)47-34)21(5)29(22(6)33(43)49-25)50-26-17-36(9,46-13)31(42)23(7)48-26;;;/h18-26,28-32,34,40-42,44-45H,14-17H2,1-13H3;;;/t18-,19-,20+,21+,22-,23+,24+,25-,26+,28-,29+,30-,31+,32-,34+,35-,36-,37-;;;/m1.../s1. The summed E-state index contributed by atoms with van der Waals surface area (Å²) in [6.45, 7) is 16.3. The molecule has 3 fully saturated rings. The number of esters is 1. The van der Waals surface area contributed by atoms with Gasteiger partial charge in [-0.3, -0.25) is 9.59 Å². The van der Waals surface area contributed by atoms with Crippen molar-refractivity contribution in [3.05, 3.63) is 0 Å². The third-order valence-electron chi connectivity index (χ3n) is 11.8. The Kier molecular flexibility index (Phi) is 24.8. The second-order valence-corrected chi connectivity index (χ2v) is 16.5. The van der Waals surface area contributed by atoms with Crippen LogP contribution in [-0.4, -0.2) is 148 Å². The van der Waals surface area contributed by atoms with Crippen molar-refractivity contribution in [1.29, 1.82) is 0 Å². The molecule has 3 radical (unpaired) electrons. The maximum absolute atomic E-state index is 14.1. The van der Waals surface area contributed by atoms with Gasteiger partial charge in [0.25, 0.3) is 0 Å². The number of likely N-dealkylation sites (N-methyl/N-ethyl adjacent to an activating group) is 1. The van der Waals surface area contributed by atoms with Crippen LogP contribution in [0.5, 0.6) is 0 Å². The molecule has 0 spiro atoms. The van der Waals surface area contributed by atoms with Crippen LogP contribution in [0.15, 0.2) is 0 Å². The van der Waals surface area contributed by atoms with Gasteiger partial charge in [0, 0.05) is 170 Å². The van der Waals surface area contributed by atoms with E-state index in [1.807, 2.05) is 25.9 Å². The fourth-order valence-electron chi connectivity index (χ4n) is 8.41. The van der Waals surface area contributed by atoms with E-state index < -0.39 is 108 Å². The first kappa shape index (κ1) is 57.0. The van der Waals surface area contributed by atoms with Gasteiger partial charge in [0.15, 0.2) is 12.6 Å². The summed E-state index contributed by atoms with van der Waals surface area (Å²) in [7, 11) is 5.18. The molecule has 0 bridgehead atoms. The minimum absolute atomic E-state index is 0. The maximum atomic E-state index is 14.1. The number of carbonyl (C=O) groups excluding carboxylic acids is 2. The van der Waals surface area contributed by atoms with E-state index in [2.05, 4.69) is 0 Å². The fraction of sp³-hybridized carbons (Fsp3) is 0.946. The summed E-state index contributed by atoms with van der Waals surface area (Å²) in [5, 5.41) is 57.6. The van der Waals surface area contributed by atoms with Gasteiger partial charge in [0.2, 0.25) is 0 Å². The molecular formula is C37H67Ac3NO13. The molecule has 0 amide bonds. The number of aliphatic hydroxyl groups is 5. The minimum atomic E-state index is -1.99. The van der Waals surface area contributed by atoms with Crippen LogP contribution in [0.4, 0.5) is 0 Å². The van der Waals surface area contributed by atoms with E-state index in [4.69, 9.17) is 28.4 Å². The predicted molar refractivity (Wildman–Crippen MR) is 186 cm³/mol. The number of aliphatic hydroxyl groups excluding tert-OH is 3. The van der Waals surface area contributed by atoms with Gasteiger partial charge in [-0.15, -0.1) is 0 Å². The zero-order chi connectivity index (χ0) is 39.0. The van der Waals surface area contributed by atoms with Crippen LogP contribution < -0.4 is 0 Å². The number of cyclic esters (lactones) is 1. The van der Waals surface area contributed by atoms with Crippen LogP contribution in [0, 0.1) is 156 Å². The normalized spacial score (nSPS) is 47.0. The maximum Gasteiger partial charge on any atom is 0.311 e. The third kappa shape index (κ3) is 13.3. The fourth-order valence-corrected chi connectivity index (χ4v) is 8.41. The van der Waals surface area contributed by atoms with Crippen molar-refractivity contribution in [1.82, 2.24) is 4.90 Å². The molecule has 3 aliphatic heterocycles. The molecule has 18 atom stereocenters. The Morgan fingerprint density at radius 3 is 1.94 bits per heavy atom. The van der Waals surface area contributed by atoms with Gasteiger partial charge in [-0.05, 0) is 74.9 Å². The van der Waals surface area contributed by atoms with E-state index in [0.29, 0.717) is 6.42 Å². The van der Waals surface area contributed by atoms with Crippen molar-refractivity contribution < 1.29 is 196 Å². The minimum Gasteiger partial charge on any atom is -0.459 e. The third-order valence-corrected chi connectivity index (χ3v) is 11.8. The van der Waals surface area contributed by atoms with Crippen LogP contribution >= 0.6 is 0 Å². The summed E-state index contributed by atoms with van der Waals surface area (Å²) in [6, 6.07) is -0.324. The number of methoxy groups -OCH3 is 1. The molecule has 54 heavy (non-hydrogen) atoms. The van der Waals surface area contributed by atoms with E-state index in [1.165, 1.54) is 27.9 Å². The predicted octanol–water partition coefficient (Wildman–Crippen LogP) is 1.79. The Hall–Kier alpha value is 3.02. The number of hydrogen-bond acceptors (Lipinski definition) is 14. The number of hydrogen-bond donors (Lipinski definition) is 5. The molecule has 0 unspecified atom stereocenters. The van der Waals surface area contributed by atoms with Gasteiger partial charge in [-0.1, -0.05) is 27.7 Å². The summed E-state index contributed by atoms with van der Waals surface area (Å²) >= 11 is 0. The van der Waals surface area contributed by atoms with Crippen LogP contribution in [-0.2, 0) is 38.0 Å². The second-order valence-electron chi connectivity index (χ2n) is 16.5. The Morgan fingerprint density at radius 2 is 1.43 bits per heavy atom. The molecule has 0 aliphatic carbocycles. The SMILES string of the molecule is CC[C@H]1OC(=O)[C@H](C)[C@@H](O[C@H]2C[C@@](C)(OC)[C@@H](O)[C@H](C)O2)[C@H](C)[C@@H](O[C@@H]2O[C@H](C)C[C@H](N(C)C)[C@H]2O)[C@](C)(O)C[C@@H](C)C(=O)[C@H](C)[C@@H](O)[C@]1(C)O.[Ac].[Ac].[Ac].